The lowest BCUT2D eigenvalue weighted by Crippen LogP contribution is -2.40. The molecule has 166 valence electrons. The minimum atomic E-state index is 0.0479. The number of H-pyrrole nitrogens is 1. The second-order valence-corrected chi connectivity index (χ2v) is 9.47. The number of aromatic amines is 1. The molecule has 31 heavy (non-hydrogen) atoms. The minimum Gasteiger partial charge on any atom is -0.454 e. The molecule has 4 heterocycles. The van der Waals surface area contributed by atoms with E-state index in [9.17, 15) is 4.79 Å². The molecule has 1 fully saturated rings. The molecule has 7 heteroatoms. The van der Waals surface area contributed by atoms with Gasteiger partial charge in [-0.3, -0.25) is 14.7 Å². The lowest BCUT2D eigenvalue weighted by molar-refractivity contribution is 0.174. The smallest absolute Gasteiger partial charge is 0.255 e. The maximum Gasteiger partial charge on any atom is 0.255 e. The number of anilines is 1. The Balaban J connectivity index is 1.24. The quantitative estimate of drug-likeness (QED) is 0.796. The molecule has 1 N–H and O–H groups in total. The van der Waals surface area contributed by atoms with Gasteiger partial charge in [-0.2, -0.15) is 0 Å². The highest BCUT2D eigenvalue weighted by molar-refractivity contribution is 5.44. The molecule has 0 unspecified atom stereocenters. The minimum absolute atomic E-state index is 0.0479. The van der Waals surface area contributed by atoms with E-state index in [0.717, 1.165) is 93.0 Å². The average Bonchev–Trinajstić information content (AvgIpc) is 3.22. The maximum atomic E-state index is 12.7. The van der Waals surface area contributed by atoms with Crippen molar-refractivity contribution >= 4 is 5.95 Å². The first-order chi connectivity index (χ1) is 15.0. The van der Waals surface area contributed by atoms with Gasteiger partial charge in [0.25, 0.3) is 5.56 Å². The molecule has 1 aromatic heterocycles. The summed E-state index contributed by atoms with van der Waals surface area (Å²) in [5, 5.41) is 0. The van der Waals surface area contributed by atoms with Gasteiger partial charge >= 0.3 is 0 Å². The average molecular weight is 425 g/mol. The van der Waals surface area contributed by atoms with Gasteiger partial charge in [0.05, 0.1) is 5.69 Å². The number of hydrogen-bond donors (Lipinski definition) is 1. The van der Waals surface area contributed by atoms with Gasteiger partial charge in [-0.15, -0.1) is 0 Å². The molecule has 3 aliphatic heterocycles. The van der Waals surface area contributed by atoms with Crippen molar-refractivity contribution in [2.45, 2.75) is 46.1 Å². The summed E-state index contributed by atoms with van der Waals surface area (Å²) in [6.45, 7) is 9.48. The number of hydrogen-bond acceptors (Lipinski definition) is 6. The molecule has 5 rings (SSSR count). The number of nitrogens with one attached hydrogen (secondary N) is 1. The first kappa shape index (κ1) is 20.4. The highest BCUT2D eigenvalue weighted by Gasteiger charge is 2.25. The van der Waals surface area contributed by atoms with Crippen molar-refractivity contribution in [3.63, 3.8) is 0 Å². The van der Waals surface area contributed by atoms with Crippen molar-refractivity contribution in [2.75, 3.05) is 37.9 Å². The molecule has 1 saturated heterocycles. The molecule has 0 saturated carbocycles. The van der Waals surface area contributed by atoms with Gasteiger partial charge in [0.2, 0.25) is 12.7 Å². The van der Waals surface area contributed by atoms with E-state index in [4.69, 9.17) is 14.5 Å². The number of nitrogens with zero attached hydrogens (tertiary/aromatic N) is 3. The van der Waals surface area contributed by atoms with Crippen molar-refractivity contribution in [2.24, 2.45) is 11.8 Å². The van der Waals surface area contributed by atoms with Gasteiger partial charge in [-0.25, -0.2) is 4.98 Å². The van der Waals surface area contributed by atoms with E-state index < -0.39 is 0 Å². The topological polar surface area (TPSA) is 70.7 Å². The molecule has 1 atom stereocenters. The van der Waals surface area contributed by atoms with Crippen LogP contribution in [-0.4, -0.2) is 47.8 Å². The second kappa shape index (κ2) is 8.54. The zero-order chi connectivity index (χ0) is 21.4. The Morgan fingerprint density at radius 3 is 2.84 bits per heavy atom. The summed E-state index contributed by atoms with van der Waals surface area (Å²) >= 11 is 0. The summed E-state index contributed by atoms with van der Waals surface area (Å²) < 4.78 is 10.9. The van der Waals surface area contributed by atoms with Gasteiger partial charge in [0.1, 0.15) is 0 Å². The van der Waals surface area contributed by atoms with E-state index in [-0.39, 0.29) is 5.56 Å². The first-order valence-corrected chi connectivity index (χ1v) is 11.5. The third kappa shape index (κ3) is 4.42. The molecular weight excluding hydrogens is 392 g/mol. The molecule has 0 radical (unpaired) electrons. The normalized spacial score (nSPS) is 20.0. The fourth-order valence-electron chi connectivity index (χ4n) is 4.98. The van der Waals surface area contributed by atoms with Crippen LogP contribution in [0.15, 0.2) is 23.0 Å². The van der Waals surface area contributed by atoms with Crippen LogP contribution in [0.25, 0.3) is 0 Å². The van der Waals surface area contributed by atoms with E-state index >= 15 is 0 Å². The van der Waals surface area contributed by atoms with Crippen LogP contribution >= 0.6 is 0 Å². The predicted octanol–water partition coefficient (Wildman–Crippen LogP) is 2.97. The van der Waals surface area contributed by atoms with Gasteiger partial charge in [-0.1, -0.05) is 19.9 Å². The fourth-order valence-corrected chi connectivity index (χ4v) is 4.98. The van der Waals surface area contributed by atoms with Crippen molar-refractivity contribution in [1.29, 1.82) is 0 Å². The van der Waals surface area contributed by atoms with E-state index in [1.807, 2.05) is 6.07 Å². The first-order valence-electron chi connectivity index (χ1n) is 11.5. The highest BCUT2D eigenvalue weighted by Crippen LogP contribution is 2.33. The van der Waals surface area contributed by atoms with Gasteiger partial charge < -0.3 is 14.4 Å². The molecule has 7 nitrogen and oxygen atoms in total. The Labute approximate surface area is 183 Å². The van der Waals surface area contributed by atoms with Gasteiger partial charge in [-0.05, 0) is 55.2 Å². The summed E-state index contributed by atoms with van der Waals surface area (Å²) in [5.41, 5.74) is 3.14. The van der Waals surface area contributed by atoms with Crippen molar-refractivity contribution < 1.29 is 9.47 Å². The van der Waals surface area contributed by atoms with Crippen molar-refractivity contribution in [3.05, 3.63) is 45.4 Å². The summed E-state index contributed by atoms with van der Waals surface area (Å²) in [6.07, 6.45) is 4.07. The Morgan fingerprint density at radius 1 is 1.19 bits per heavy atom. The molecule has 0 spiro atoms. The van der Waals surface area contributed by atoms with Crippen LogP contribution < -0.4 is 19.9 Å². The van der Waals surface area contributed by atoms with Gasteiger partial charge in [0.15, 0.2) is 11.5 Å². The Bertz CT molecular complexity index is 997. The van der Waals surface area contributed by atoms with Crippen molar-refractivity contribution in [1.82, 2.24) is 14.9 Å². The van der Waals surface area contributed by atoms with Crippen LogP contribution in [0.5, 0.6) is 11.5 Å². The number of ether oxygens (including phenoxy) is 2. The van der Waals surface area contributed by atoms with Crippen LogP contribution in [0.3, 0.4) is 0 Å². The largest absolute Gasteiger partial charge is 0.454 e. The van der Waals surface area contributed by atoms with E-state index in [2.05, 4.69) is 40.8 Å². The third-order valence-electron chi connectivity index (χ3n) is 6.81. The Hall–Kier alpha value is -2.54. The summed E-state index contributed by atoms with van der Waals surface area (Å²) in [4.78, 5) is 25.3. The second-order valence-electron chi connectivity index (χ2n) is 9.47. The summed E-state index contributed by atoms with van der Waals surface area (Å²) in [7, 11) is 0. The zero-order valence-corrected chi connectivity index (χ0v) is 18.5. The number of aromatic nitrogens is 2. The van der Waals surface area contributed by atoms with Crippen LogP contribution in [0.1, 0.15) is 43.5 Å². The Morgan fingerprint density at radius 2 is 2.00 bits per heavy atom. The molecule has 0 aliphatic carbocycles. The summed E-state index contributed by atoms with van der Waals surface area (Å²) in [6, 6.07) is 6.22. The van der Waals surface area contributed by atoms with E-state index in [1.165, 1.54) is 5.56 Å². The van der Waals surface area contributed by atoms with Crippen LogP contribution in [0.2, 0.25) is 0 Å². The van der Waals surface area contributed by atoms with E-state index in [1.54, 1.807) is 0 Å². The van der Waals surface area contributed by atoms with Crippen LogP contribution in [-0.2, 0) is 19.4 Å². The number of fused-ring (bicyclic) bond motifs is 2. The van der Waals surface area contributed by atoms with Gasteiger partial charge in [0, 0.05) is 38.3 Å². The molecule has 2 aromatic rings. The lowest BCUT2D eigenvalue weighted by Gasteiger charge is -2.33. The van der Waals surface area contributed by atoms with E-state index in [0.29, 0.717) is 12.7 Å². The zero-order valence-electron chi connectivity index (χ0n) is 18.5. The predicted molar refractivity (Wildman–Crippen MR) is 120 cm³/mol. The number of benzene rings is 1. The highest BCUT2D eigenvalue weighted by atomic mass is 16.7. The van der Waals surface area contributed by atoms with Crippen LogP contribution in [0, 0.1) is 11.8 Å². The maximum absolute atomic E-state index is 12.7. The molecular formula is C24H32N4O3. The molecule has 0 bridgehead atoms. The summed E-state index contributed by atoms with van der Waals surface area (Å²) in [5.74, 6) is 3.68. The standard InChI is InChI=1S/C24H32N4O3/c1-16-5-9-28(10-6-16)24-25-20-14-27(8-7-19(20)23(29)26-24)13-17(2)11-18-3-4-21-22(12-18)31-15-30-21/h3-4,12,16-17H,5-11,13-15H2,1-2H3,(H,25,26,29)/t17-/m1/s1. The Kier molecular flexibility index (Phi) is 5.61. The molecule has 1 aromatic carbocycles. The lowest BCUT2D eigenvalue weighted by atomic mass is 9.98. The SMILES string of the molecule is CC1CCN(c2nc3c(c(=O)[nH]2)CCN(C[C@H](C)Cc2ccc4c(c2)OCO4)C3)CC1. The fraction of sp³-hybridized carbons (Fsp3) is 0.583. The number of rotatable bonds is 5. The van der Waals surface area contributed by atoms with Crippen molar-refractivity contribution in [3.8, 4) is 11.5 Å². The number of piperidine rings is 1. The van der Waals surface area contributed by atoms with Crippen LogP contribution in [0.4, 0.5) is 5.95 Å². The molecule has 3 aliphatic rings. The molecule has 0 amide bonds. The third-order valence-corrected chi connectivity index (χ3v) is 6.81. The monoisotopic (exact) mass is 424 g/mol.